The standard InChI is InChI=1S/C17H29NO/c1-4-5-18(12(2)3)16(19)17-9-13-6-14(10-17)8-15(7-13)11-17/h12-15H,4-11H2,1-3H3. The highest BCUT2D eigenvalue weighted by Crippen LogP contribution is 2.60. The molecule has 0 atom stereocenters. The van der Waals surface area contributed by atoms with Gasteiger partial charge in [-0.3, -0.25) is 4.79 Å². The van der Waals surface area contributed by atoms with Crippen molar-refractivity contribution < 1.29 is 4.79 Å². The molecule has 1 amide bonds. The van der Waals surface area contributed by atoms with Gasteiger partial charge in [0.05, 0.1) is 5.41 Å². The molecule has 0 saturated heterocycles. The average Bonchev–Trinajstić information content (AvgIpc) is 2.33. The molecule has 19 heavy (non-hydrogen) atoms. The minimum absolute atomic E-state index is 0.0498. The van der Waals surface area contributed by atoms with Crippen molar-refractivity contribution in [2.75, 3.05) is 6.54 Å². The predicted molar refractivity (Wildman–Crippen MR) is 77.7 cm³/mol. The summed E-state index contributed by atoms with van der Waals surface area (Å²) in [5, 5.41) is 0. The van der Waals surface area contributed by atoms with Crippen LogP contribution in [-0.2, 0) is 4.79 Å². The molecule has 4 aliphatic carbocycles. The summed E-state index contributed by atoms with van der Waals surface area (Å²) >= 11 is 0. The van der Waals surface area contributed by atoms with Crippen LogP contribution in [-0.4, -0.2) is 23.4 Å². The SMILES string of the molecule is CCCN(C(=O)C12CC3CC(CC(C3)C1)C2)C(C)C. The zero-order valence-corrected chi connectivity index (χ0v) is 12.8. The quantitative estimate of drug-likeness (QED) is 0.754. The minimum Gasteiger partial charge on any atom is -0.340 e. The molecule has 108 valence electrons. The molecule has 0 aromatic heterocycles. The highest BCUT2D eigenvalue weighted by Gasteiger charge is 2.55. The van der Waals surface area contributed by atoms with Crippen molar-refractivity contribution in [1.82, 2.24) is 4.90 Å². The lowest BCUT2D eigenvalue weighted by molar-refractivity contribution is -0.159. The first-order chi connectivity index (χ1) is 9.04. The molecule has 4 aliphatic rings. The second-order valence-electron chi connectivity index (χ2n) is 7.79. The second-order valence-corrected chi connectivity index (χ2v) is 7.79. The third kappa shape index (κ3) is 2.21. The molecule has 0 spiro atoms. The minimum atomic E-state index is 0.0498. The molecule has 2 heteroatoms. The Morgan fingerprint density at radius 3 is 1.95 bits per heavy atom. The Kier molecular flexibility index (Phi) is 3.39. The molecule has 4 fully saturated rings. The second kappa shape index (κ2) is 4.79. The summed E-state index contributed by atoms with van der Waals surface area (Å²) in [5.41, 5.74) is 0.0498. The van der Waals surface area contributed by atoms with E-state index in [-0.39, 0.29) is 5.41 Å². The first kappa shape index (κ1) is 13.5. The summed E-state index contributed by atoms with van der Waals surface area (Å²) in [6.07, 6.45) is 8.93. The number of hydrogen-bond donors (Lipinski definition) is 0. The van der Waals surface area contributed by atoms with Crippen molar-refractivity contribution in [3.8, 4) is 0 Å². The zero-order valence-electron chi connectivity index (χ0n) is 12.8. The van der Waals surface area contributed by atoms with E-state index in [1.54, 1.807) is 0 Å². The van der Waals surface area contributed by atoms with Crippen LogP contribution in [0.5, 0.6) is 0 Å². The van der Waals surface area contributed by atoms with Crippen LogP contribution in [0, 0.1) is 23.2 Å². The summed E-state index contributed by atoms with van der Waals surface area (Å²) in [5.74, 6) is 3.10. The fraction of sp³-hybridized carbons (Fsp3) is 0.941. The molecule has 0 aliphatic heterocycles. The molecule has 4 bridgehead atoms. The van der Waals surface area contributed by atoms with Crippen LogP contribution >= 0.6 is 0 Å². The number of amides is 1. The summed E-state index contributed by atoms with van der Waals surface area (Å²) in [6.45, 7) is 7.47. The lowest BCUT2D eigenvalue weighted by Crippen LogP contribution is -2.56. The van der Waals surface area contributed by atoms with Crippen molar-refractivity contribution in [3.63, 3.8) is 0 Å². The summed E-state index contributed by atoms with van der Waals surface area (Å²) < 4.78 is 0. The molecule has 4 rings (SSSR count). The fourth-order valence-electron chi connectivity index (χ4n) is 5.51. The van der Waals surface area contributed by atoms with Crippen LogP contribution in [0.3, 0.4) is 0 Å². The van der Waals surface area contributed by atoms with E-state index in [0.717, 1.165) is 30.7 Å². The monoisotopic (exact) mass is 263 g/mol. The molecular formula is C17H29NO. The maximum Gasteiger partial charge on any atom is 0.229 e. The van der Waals surface area contributed by atoms with E-state index in [4.69, 9.17) is 0 Å². The highest BCUT2D eigenvalue weighted by molar-refractivity contribution is 5.83. The molecule has 2 nitrogen and oxygen atoms in total. The lowest BCUT2D eigenvalue weighted by atomic mass is 9.49. The zero-order chi connectivity index (χ0) is 13.6. The average molecular weight is 263 g/mol. The van der Waals surface area contributed by atoms with Crippen LogP contribution in [0.2, 0.25) is 0 Å². The normalized spacial score (nSPS) is 39.9. The molecule has 0 aromatic carbocycles. The Bertz CT molecular complexity index is 325. The van der Waals surface area contributed by atoms with E-state index in [9.17, 15) is 4.79 Å². The molecule has 0 N–H and O–H groups in total. The third-order valence-corrected chi connectivity index (χ3v) is 5.84. The number of hydrogen-bond acceptors (Lipinski definition) is 1. The smallest absolute Gasteiger partial charge is 0.229 e. The molecule has 0 aromatic rings. The van der Waals surface area contributed by atoms with Crippen molar-refractivity contribution in [2.24, 2.45) is 23.2 Å². The van der Waals surface area contributed by atoms with Crippen LogP contribution in [0.1, 0.15) is 65.7 Å². The van der Waals surface area contributed by atoms with Gasteiger partial charge in [-0.25, -0.2) is 0 Å². The Balaban J connectivity index is 1.82. The molecule has 4 saturated carbocycles. The number of rotatable bonds is 4. The Hall–Kier alpha value is -0.530. The van der Waals surface area contributed by atoms with Gasteiger partial charge in [-0.2, -0.15) is 0 Å². The topological polar surface area (TPSA) is 20.3 Å². The largest absolute Gasteiger partial charge is 0.340 e. The first-order valence-corrected chi connectivity index (χ1v) is 8.35. The Morgan fingerprint density at radius 1 is 1.11 bits per heavy atom. The van der Waals surface area contributed by atoms with Crippen LogP contribution in [0.15, 0.2) is 0 Å². The maximum absolute atomic E-state index is 13.2. The van der Waals surface area contributed by atoms with E-state index in [2.05, 4.69) is 25.7 Å². The van der Waals surface area contributed by atoms with Gasteiger partial charge in [0, 0.05) is 12.6 Å². The van der Waals surface area contributed by atoms with Gasteiger partial charge >= 0.3 is 0 Å². The van der Waals surface area contributed by atoms with Gasteiger partial charge in [0.1, 0.15) is 0 Å². The lowest BCUT2D eigenvalue weighted by Gasteiger charge is -2.57. The molecule has 0 radical (unpaired) electrons. The van der Waals surface area contributed by atoms with Gasteiger partial charge in [0.2, 0.25) is 5.91 Å². The number of carbonyl (C=O) groups excluding carboxylic acids is 1. The molecular weight excluding hydrogens is 234 g/mol. The van der Waals surface area contributed by atoms with Crippen molar-refractivity contribution >= 4 is 5.91 Å². The van der Waals surface area contributed by atoms with E-state index in [0.29, 0.717) is 11.9 Å². The first-order valence-electron chi connectivity index (χ1n) is 8.35. The van der Waals surface area contributed by atoms with Crippen LogP contribution in [0.4, 0.5) is 0 Å². The van der Waals surface area contributed by atoms with E-state index < -0.39 is 0 Å². The van der Waals surface area contributed by atoms with E-state index in [1.165, 1.54) is 38.5 Å². The third-order valence-electron chi connectivity index (χ3n) is 5.84. The maximum atomic E-state index is 13.2. The van der Waals surface area contributed by atoms with E-state index >= 15 is 0 Å². The summed E-state index contributed by atoms with van der Waals surface area (Å²) in [6, 6.07) is 0.362. The van der Waals surface area contributed by atoms with Gasteiger partial charge < -0.3 is 4.90 Å². The molecule has 0 unspecified atom stereocenters. The van der Waals surface area contributed by atoms with Gasteiger partial charge in [0.25, 0.3) is 0 Å². The predicted octanol–water partition coefficient (Wildman–Crippen LogP) is 3.85. The Labute approximate surface area is 117 Å². The number of carbonyl (C=O) groups is 1. The molecule has 0 heterocycles. The van der Waals surface area contributed by atoms with Gasteiger partial charge in [0.15, 0.2) is 0 Å². The number of nitrogens with zero attached hydrogens (tertiary/aromatic N) is 1. The van der Waals surface area contributed by atoms with Gasteiger partial charge in [-0.15, -0.1) is 0 Å². The highest BCUT2D eigenvalue weighted by atomic mass is 16.2. The van der Waals surface area contributed by atoms with Crippen molar-refractivity contribution in [1.29, 1.82) is 0 Å². The van der Waals surface area contributed by atoms with Crippen molar-refractivity contribution in [3.05, 3.63) is 0 Å². The van der Waals surface area contributed by atoms with Gasteiger partial charge in [-0.1, -0.05) is 6.92 Å². The van der Waals surface area contributed by atoms with Crippen LogP contribution in [0.25, 0.3) is 0 Å². The van der Waals surface area contributed by atoms with Crippen LogP contribution < -0.4 is 0 Å². The Morgan fingerprint density at radius 2 is 1.58 bits per heavy atom. The fourth-order valence-corrected chi connectivity index (χ4v) is 5.51. The van der Waals surface area contributed by atoms with Gasteiger partial charge in [-0.05, 0) is 76.5 Å². The van der Waals surface area contributed by atoms with E-state index in [1.807, 2.05) is 0 Å². The summed E-state index contributed by atoms with van der Waals surface area (Å²) in [7, 11) is 0. The van der Waals surface area contributed by atoms with Crippen molar-refractivity contribution in [2.45, 2.75) is 71.8 Å². The summed E-state index contributed by atoms with van der Waals surface area (Å²) in [4.78, 5) is 15.3.